The van der Waals surface area contributed by atoms with Crippen LogP contribution in [-0.4, -0.2) is 28.7 Å². The van der Waals surface area contributed by atoms with Crippen molar-refractivity contribution in [2.24, 2.45) is 5.92 Å². The third-order valence-corrected chi connectivity index (χ3v) is 4.00. The minimum absolute atomic E-state index is 0.297. The second-order valence-corrected chi connectivity index (χ2v) is 6.72. The summed E-state index contributed by atoms with van der Waals surface area (Å²) in [5.41, 5.74) is 2.26. The molecule has 1 aromatic heterocycles. The Balaban J connectivity index is 2.52. The van der Waals surface area contributed by atoms with Crippen LogP contribution in [0.3, 0.4) is 0 Å². The number of nitrogens with one attached hydrogen (secondary N) is 2. The molecule has 1 heterocycles. The lowest BCUT2D eigenvalue weighted by molar-refractivity contribution is -0.111. The summed E-state index contributed by atoms with van der Waals surface area (Å²) in [6.45, 7) is 8.32. The number of carbonyl (C=O) groups excluding carboxylic acids is 1. The number of amides is 1. The van der Waals surface area contributed by atoms with E-state index in [0.29, 0.717) is 40.4 Å². The number of anilines is 2. The molecule has 0 radical (unpaired) electrons. The van der Waals surface area contributed by atoms with Crippen LogP contribution in [0.4, 0.5) is 11.5 Å². The van der Waals surface area contributed by atoms with Crippen LogP contribution >= 0.6 is 11.8 Å². The van der Waals surface area contributed by atoms with Gasteiger partial charge < -0.3 is 10.6 Å². The first-order chi connectivity index (χ1) is 12.5. The number of thioether (sulfide) groups is 1. The van der Waals surface area contributed by atoms with Crippen LogP contribution < -0.4 is 10.6 Å². The third kappa shape index (κ3) is 4.83. The normalized spacial score (nSPS) is 10.3. The van der Waals surface area contributed by atoms with Crippen molar-refractivity contribution in [2.45, 2.75) is 19.0 Å². The van der Waals surface area contributed by atoms with E-state index in [4.69, 9.17) is 0 Å². The maximum atomic E-state index is 11.5. The fourth-order valence-electron chi connectivity index (χ4n) is 2.21. The molecule has 26 heavy (non-hydrogen) atoms. The molecule has 0 bridgehead atoms. The number of aromatic nitrogens is 2. The van der Waals surface area contributed by atoms with Gasteiger partial charge in [-0.15, -0.1) is 0 Å². The molecule has 0 fully saturated rings. The van der Waals surface area contributed by atoms with E-state index in [0.717, 1.165) is 5.56 Å². The molecule has 0 spiro atoms. The predicted molar refractivity (Wildman–Crippen MR) is 106 cm³/mol. The van der Waals surface area contributed by atoms with Gasteiger partial charge >= 0.3 is 0 Å². The van der Waals surface area contributed by atoms with Crippen LogP contribution in [0.2, 0.25) is 0 Å². The van der Waals surface area contributed by atoms with Crippen LogP contribution in [0, 0.1) is 17.2 Å². The minimum Gasteiger partial charge on any atom is -0.369 e. The van der Waals surface area contributed by atoms with Crippen molar-refractivity contribution in [3.8, 4) is 17.3 Å². The highest BCUT2D eigenvalue weighted by Gasteiger charge is 2.16. The van der Waals surface area contributed by atoms with Crippen LogP contribution in [0.15, 0.2) is 42.1 Å². The standard InChI is InChI=1S/C19H21N5OS/c1-5-16(25)22-14-8-6-7-13(9-14)17-15(10-20)18(21-11-12(2)3)24-19(23-17)26-4/h5-9,12H,1,11H2,2-4H3,(H,22,25)(H,21,23,24). The number of nitriles is 1. The summed E-state index contributed by atoms with van der Waals surface area (Å²) in [6, 6.07) is 9.41. The van der Waals surface area contributed by atoms with Gasteiger partial charge in [-0.05, 0) is 30.4 Å². The van der Waals surface area contributed by atoms with Gasteiger partial charge in [0.15, 0.2) is 5.16 Å². The molecule has 7 heteroatoms. The maximum Gasteiger partial charge on any atom is 0.247 e. The third-order valence-electron chi connectivity index (χ3n) is 3.45. The van der Waals surface area contributed by atoms with E-state index in [-0.39, 0.29) is 5.91 Å². The summed E-state index contributed by atoms with van der Waals surface area (Å²) in [5.74, 6) is 0.639. The molecule has 0 unspecified atom stereocenters. The number of carbonyl (C=O) groups is 1. The highest BCUT2D eigenvalue weighted by molar-refractivity contribution is 7.98. The van der Waals surface area contributed by atoms with Gasteiger partial charge in [-0.2, -0.15) is 5.26 Å². The molecule has 1 aromatic carbocycles. The van der Waals surface area contributed by atoms with Gasteiger partial charge in [-0.3, -0.25) is 4.79 Å². The molecule has 2 aromatic rings. The summed E-state index contributed by atoms with van der Waals surface area (Å²) >= 11 is 1.41. The Morgan fingerprint density at radius 3 is 2.81 bits per heavy atom. The lowest BCUT2D eigenvalue weighted by Gasteiger charge is -2.14. The zero-order chi connectivity index (χ0) is 19.1. The zero-order valence-electron chi connectivity index (χ0n) is 15.0. The Morgan fingerprint density at radius 2 is 2.19 bits per heavy atom. The summed E-state index contributed by atoms with van der Waals surface area (Å²) < 4.78 is 0. The van der Waals surface area contributed by atoms with Crippen molar-refractivity contribution in [3.05, 3.63) is 42.5 Å². The van der Waals surface area contributed by atoms with Crippen molar-refractivity contribution in [2.75, 3.05) is 23.4 Å². The summed E-state index contributed by atoms with van der Waals surface area (Å²) in [5, 5.41) is 16.2. The molecule has 0 saturated heterocycles. The van der Waals surface area contributed by atoms with E-state index in [1.807, 2.05) is 12.3 Å². The number of rotatable bonds is 7. The van der Waals surface area contributed by atoms with Crippen molar-refractivity contribution in [1.29, 1.82) is 5.26 Å². The Kier molecular flexibility index (Phi) is 6.75. The zero-order valence-corrected chi connectivity index (χ0v) is 15.9. The smallest absolute Gasteiger partial charge is 0.247 e. The average molecular weight is 367 g/mol. The van der Waals surface area contributed by atoms with E-state index in [2.05, 4.69) is 47.1 Å². The molecule has 0 aliphatic rings. The Hall–Kier alpha value is -2.85. The topological polar surface area (TPSA) is 90.7 Å². The van der Waals surface area contributed by atoms with Crippen molar-refractivity contribution >= 4 is 29.2 Å². The van der Waals surface area contributed by atoms with E-state index in [1.54, 1.807) is 18.2 Å². The van der Waals surface area contributed by atoms with Gasteiger partial charge in [-0.1, -0.05) is 44.3 Å². The number of benzene rings is 1. The molecule has 134 valence electrons. The van der Waals surface area contributed by atoms with E-state index >= 15 is 0 Å². The number of hydrogen-bond donors (Lipinski definition) is 2. The van der Waals surface area contributed by atoms with Gasteiger partial charge in [-0.25, -0.2) is 9.97 Å². The molecular formula is C19H21N5OS. The molecule has 2 N–H and O–H groups in total. The largest absolute Gasteiger partial charge is 0.369 e. The van der Waals surface area contributed by atoms with Gasteiger partial charge in [0.1, 0.15) is 17.5 Å². The molecule has 0 aliphatic heterocycles. The maximum absolute atomic E-state index is 11.5. The first-order valence-corrected chi connectivity index (χ1v) is 9.34. The predicted octanol–water partition coefficient (Wildman–Crippen LogP) is 3.93. The molecule has 0 atom stereocenters. The fourth-order valence-corrected chi connectivity index (χ4v) is 2.58. The van der Waals surface area contributed by atoms with Crippen LogP contribution in [-0.2, 0) is 4.79 Å². The Labute approximate surface area is 157 Å². The van der Waals surface area contributed by atoms with Gasteiger partial charge in [0.25, 0.3) is 0 Å². The minimum atomic E-state index is -0.297. The summed E-state index contributed by atoms with van der Waals surface area (Å²) in [7, 11) is 0. The van der Waals surface area contributed by atoms with Crippen LogP contribution in [0.5, 0.6) is 0 Å². The Morgan fingerprint density at radius 1 is 1.42 bits per heavy atom. The molecule has 1 amide bonds. The van der Waals surface area contributed by atoms with Gasteiger partial charge in [0, 0.05) is 17.8 Å². The Bertz CT molecular complexity index is 857. The lowest BCUT2D eigenvalue weighted by atomic mass is 10.1. The highest BCUT2D eigenvalue weighted by Crippen LogP contribution is 2.30. The van der Waals surface area contributed by atoms with Crippen molar-refractivity contribution < 1.29 is 4.79 Å². The number of hydrogen-bond acceptors (Lipinski definition) is 6. The van der Waals surface area contributed by atoms with E-state index in [9.17, 15) is 10.1 Å². The summed E-state index contributed by atoms with van der Waals surface area (Å²) in [6.07, 6.45) is 3.09. The molecule has 0 aliphatic carbocycles. The lowest BCUT2D eigenvalue weighted by Crippen LogP contribution is -2.12. The summed E-state index contributed by atoms with van der Waals surface area (Å²) in [4.78, 5) is 20.5. The average Bonchev–Trinajstić information content (AvgIpc) is 2.65. The SMILES string of the molecule is C=CC(=O)Nc1cccc(-c2nc(SC)nc(NCC(C)C)c2C#N)c1. The molecule has 6 nitrogen and oxygen atoms in total. The van der Waals surface area contributed by atoms with Crippen molar-refractivity contribution in [3.63, 3.8) is 0 Å². The molecule has 2 rings (SSSR count). The fraction of sp³-hybridized carbons (Fsp3) is 0.263. The van der Waals surface area contributed by atoms with Crippen molar-refractivity contribution in [1.82, 2.24) is 9.97 Å². The highest BCUT2D eigenvalue weighted by atomic mass is 32.2. The second-order valence-electron chi connectivity index (χ2n) is 5.94. The van der Waals surface area contributed by atoms with Gasteiger partial charge in [0.05, 0.1) is 5.69 Å². The number of nitrogens with zero attached hydrogens (tertiary/aromatic N) is 3. The monoisotopic (exact) mass is 367 g/mol. The van der Waals surface area contributed by atoms with E-state index in [1.165, 1.54) is 17.8 Å². The van der Waals surface area contributed by atoms with E-state index < -0.39 is 0 Å². The second kappa shape index (κ2) is 9.02. The quantitative estimate of drug-likeness (QED) is 0.438. The van der Waals surface area contributed by atoms with Gasteiger partial charge in [0.2, 0.25) is 5.91 Å². The van der Waals surface area contributed by atoms with Crippen LogP contribution in [0.25, 0.3) is 11.3 Å². The first-order valence-electron chi connectivity index (χ1n) is 8.12. The first kappa shape index (κ1) is 19.5. The van der Waals surface area contributed by atoms with Crippen LogP contribution in [0.1, 0.15) is 19.4 Å². The molecular weight excluding hydrogens is 346 g/mol. The molecule has 0 saturated carbocycles.